The molecular formula is C14H13N5. The Hall–Kier alpha value is -2.69. The molecule has 3 aromatic heterocycles. The molecule has 94 valence electrons. The summed E-state index contributed by atoms with van der Waals surface area (Å²) in [6.07, 6.45) is 3.52. The zero-order valence-electron chi connectivity index (χ0n) is 10.5. The Kier molecular flexibility index (Phi) is 2.94. The van der Waals surface area contributed by atoms with E-state index >= 15 is 0 Å². The van der Waals surface area contributed by atoms with Crippen molar-refractivity contribution in [3.63, 3.8) is 0 Å². The SMILES string of the molecule is Cc1cc(Nc2cccc(-c3ccncc3)n2)n[nH]1. The lowest BCUT2D eigenvalue weighted by atomic mass is 10.2. The molecule has 5 heteroatoms. The lowest BCUT2D eigenvalue weighted by molar-refractivity contribution is 1.05. The maximum Gasteiger partial charge on any atom is 0.153 e. The second-order valence-electron chi connectivity index (χ2n) is 4.21. The van der Waals surface area contributed by atoms with Crippen molar-refractivity contribution in [1.29, 1.82) is 0 Å². The van der Waals surface area contributed by atoms with Crippen LogP contribution in [0, 0.1) is 6.92 Å². The molecule has 0 saturated carbocycles. The number of aryl methyl sites for hydroxylation is 1. The van der Waals surface area contributed by atoms with Gasteiger partial charge in [0.15, 0.2) is 5.82 Å². The van der Waals surface area contributed by atoms with E-state index in [0.29, 0.717) is 0 Å². The van der Waals surface area contributed by atoms with Crippen molar-refractivity contribution in [2.24, 2.45) is 0 Å². The molecule has 0 aliphatic carbocycles. The second-order valence-corrected chi connectivity index (χ2v) is 4.21. The lowest BCUT2D eigenvalue weighted by Crippen LogP contribution is -1.95. The fourth-order valence-electron chi connectivity index (χ4n) is 1.80. The normalized spacial score (nSPS) is 10.4. The molecule has 0 unspecified atom stereocenters. The fraction of sp³-hybridized carbons (Fsp3) is 0.0714. The number of aromatic amines is 1. The van der Waals surface area contributed by atoms with Crippen molar-refractivity contribution in [3.8, 4) is 11.3 Å². The van der Waals surface area contributed by atoms with Gasteiger partial charge in [-0.2, -0.15) is 5.10 Å². The average molecular weight is 251 g/mol. The summed E-state index contributed by atoms with van der Waals surface area (Å²) in [6.45, 7) is 1.96. The summed E-state index contributed by atoms with van der Waals surface area (Å²) < 4.78 is 0. The number of anilines is 2. The van der Waals surface area contributed by atoms with E-state index in [9.17, 15) is 0 Å². The summed E-state index contributed by atoms with van der Waals surface area (Å²) in [5.41, 5.74) is 2.95. The molecule has 0 fully saturated rings. The smallest absolute Gasteiger partial charge is 0.153 e. The highest BCUT2D eigenvalue weighted by molar-refractivity contribution is 5.62. The van der Waals surface area contributed by atoms with Gasteiger partial charge in [-0.3, -0.25) is 10.1 Å². The Balaban J connectivity index is 1.88. The Bertz CT molecular complexity index is 675. The van der Waals surface area contributed by atoms with E-state index in [4.69, 9.17) is 0 Å². The molecule has 0 saturated heterocycles. The zero-order chi connectivity index (χ0) is 13.1. The van der Waals surface area contributed by atoms with Crippen LogP contribution in [0.15, 0.2) is 48.8 Å². The van der Waals surface area contributed by atoms with Crippen LogP contribution < -0.4 is 5.32 Å². The monoisotopic (exact) mass is 251 g/mol. The van der Waals surface area contributed by atoms with E-state index < -0.39 is 0 Å². The van der Waals surface area contributed by atoms with Crippen molar-refractivity contribution in [2.45, 2.75) is 6.92 Å². The molecule has 0 bridgehead atoms. The van der Waals surface area contributed by atoms with Crippen LogP contribution in [0.3, 0.4) is 0 Å². The molecule has 0 spiro atoms. The minimum atomic E-state index is 0.761. The topological polar surface area (TPSA) is 66.5 Å². The van der Waals surface area contributed by atoms with Crippen LogP contribution >= 0.6 is 0 Å². The first-order valence-corrected chi connectivity index (χ1v) is 5.98. The number of nitrogens with zero attached hydrogens (tertiary/aromatic N) is 3. The van der Waals surface area contributed by atoms with Crippen molar-refractivity contribution < 1.29 is 0 Å². The number of aromatic nitrogens is 4. The van der Waals surface area contributed by atoms with Crippen molar-refractivity contribution in [2.75, 3.05) is 5.32 Å². The van der Waals surface area contributed by atoms with Gasteiger partial charge in [-0.15, -0.1) is 0 Å². The molecule has 0 aliphatic heterocycles. The second kappa shape index (κ2) is 4.89. The number of hydrogen-bond acceptors (Lipinski definition) is 4. The summed E-state index contributed by atoms with van der Waals surface area (Å²) >= 11 is 0. The van der Waals surface area contributed by atoms with Gasteiger partial charge < -0.3 is 5.32 Å². The summed E-state index contributed by atoms with van der Waals surface area (Å²) in [6, 6.07) is 11.6. The van der Waals surface area contributed by atoms with E-state index in [1.54, 1.807) is 12.4 Å². The first-order chi connectivity index (χ1) is 9.31. The van der Waals surface area contributed by atoms with Gasteiger partial charge in [0.25, 0.3) is 0 Å². The summed E-state index contributed by atoms with van der Waals surface area (Å²) in [5, 5.41) is 10.2. The van der Waals surface area contributed by atoms with Crippen LogP contribution in [0.25, 0.3) is 11.3 Å². The Labute approximate surface area is 110 Å². The maximum atomic E-state index is 4.55. The Morgan fingerprint density at radius 3 is 2.63 bits per heavy atom. The Morgan fingerprint density at radius 2 is 1.89 bits per heavy atom. The van der Waals surface area contributed by atoms with Gasteiger partial charge in [0.2, 0.25) is 0 Å². The Morgan fingerprint density at radius 1 is 1.05 bits per heavy atom. The van der Waals surface area contributed by atoms with Crippen molar-refractivity contribution >= 4 is 11.6 Å². The van der Waals surface area contributed by atoms with Gasteiger partial charge in [0.1, 0.15) is 5.82 Å². The van der Waals surface area contributed by atoms with Crippen LogP contribution in [-0.4, -0.2) is 20.2 Å². The molecule has 2 N–H and O–H groups in total. The summed E-state index contributed by atoms with van der Waals surface area (Å²) in [4.78, 5) is 8.56. The molecule has 0 aliphatic rings. The van der Waals surface area contributed by atoms with Gasteiger partial charge in [-0.1, -0.05) is 6.07 Å². The van der Waals surface area contributed by atoms with Gasteiger partial charge in [0, 0.05) is 29.7 Å². The molecular weight excluding hydrogens is 238 g/mol. The minimum absolute atomic E-state index is 0.761. The van der Waals surface area contributed by atoms with Crippen LogP contribution in [0.2, 0.25) is 0 Å². The van der Waals surface area contributed by atoms with E-state index in [2.05, 4.69) is 25.5 Å². The highest BCUT2D eigenvalue weighted by Crippen LogP contribution is 2.19. The molecule has 5 nitrogen and oxygen atoms in total. The van der Waals surface area contributed by atoms with E-state index in [0.717, 1.165) is 28.6 Å². The van der Waals surface area contributed by atoms with Gasteiger partial charge in [-0.25, -0.2) is 4.98 Å². The third-order valence-electron chi connectivity index (χ3n) is 2.69. The molecule has 19 heavy (non-hydrogen) atoms. The van der Waals surface area contributed by atoms with E-state index in [1.165, 1.54) is 0 Å². The van der Waals surface area contributed by atoms with Crippen molar-refractivity contribution in [3.05, 3.63) is 54.5 Å². The first kappa shape index (κ1) is 11.4. The first-order valence-electron chi connectivity index (χ1n) is 5.98. The maximum absolute atomic E-state index is 4.55. The summed E-state index contributed by atoms with van der Waals surface area (Å²) in [5.74, 6) is 1.53. The highest BCUT2D eigenvalue weighted by Gasteiger charge is 2.02. The average Bonchev–Trinajstić information content (AvgIpc) is 2.85. The third kappa shape index (κ3) is 2.60. The highest BCUT2D eigenvalue weighted by atomic mass is 15.2. The molecule has 3 rings (SSSR count). The quantitative estimate of drug-likeness (QED) is 0.751. The standard InChI is InChI=1S/C14H13N5/c1-10-9-14(19-18-10)17-13-4-2-3-12(16-13)11-5-7-15-8-6-11/h2-9H,1H3,(H2,16,17,18,19). The summed E-state index contributed by atoms with van der Waals surface area (Å²) in [7, 11) is 0. The molecule has 3 aromatic rings. The number of hydrogen-bond donors (Lipinski definition) is 2. The molecule has 3 heterocycles. The molecule has 0 amide bonds. The predicted molar refractivity (Wildman–Crippen MR) is 74.1 cm³/mol. The lowest BCUT2D eigenvalue weighted by Gasteiger charge is -2.05. The van der Waals surface area contributed by atoms with Gasteiger partial charge >= 0.3 is 0 Å². The van der Waals surface area contributed by atoms with Gasteiger partial charge in [0.05, 0.1) is 5.69 Å². The largest absolute Gasteiger partial charge is 0.323 e. The zero-order valence-corrected chi connectivity index (χ0v) is 10.5. The minimum Gasteiger partial charge on any atom is -0.323 e. The van der Waals surface area contributed by atoms with Crippen LogP contribution in [0.5, 0.6) is 0 Å². The van der Waals surface area contributed by atoms with Gasteiger partial charge in [-0.05, 0) is 31.2 Å². The predicted octanol–water partition coefficient (Wildman–Crippen LogP) is 2.92. The molecule has 0 atom stereocenters. The van der Waals surface area contributed by atoms with Crippen LogP contribution in [0.4, 0.5) is 11.6 Å². The number of pyridine rings is 2. The molecule has 0 radical (unpaired) electrons. The number of nitrogens with one attached hydrogen (secondary N) is 2. The number of H-pyrrole nitrogens is 1. The van der Waals surface area contributed by atoms with Crippen molar-refractivity contribution in [1.82, 2.24) is 20.2 Å². The molecule has 0 aromatic carbocycles. The third-order valence-corrected chi connectivity index (χ3v) is 2.69. The van der Waals surface area contributed by atoms with E-state index in [-0.39, 0.29) is 0 Å². The van der Waals surface area contributed by atoms with Crippen LogP contribution in [0.1, 0.15) is 5.69 Å². The van der Waals surface area contributed by atoms with E-state index in [1.807, 2.05) is 43.3 Å². The number of rotatable bonds is 3. The fourth-order valence-corrected chi connectivity index (χ4v) is 1.80. The van der Waals surface area contributed by atoms with Crippen LogP contribution in [-0.2, 0) is 0 Å².